The van der Waals surface area contributed by atoms with Crippen LogP contribution in [0.3, 0.4) is 0 Å². The molecule has 132 valence electrons. The molecule has 4 nitrogen and oxygen atoms in total. The average Bonchev–Trinajstić information content (AvgIpc) is 2.57. The van der Waals surface area contributed by atoms with Crippen LogP contribution in [0.5, 0.6) is 5.75 Å². The van der Waals surface area contributed by atoms with Gasteiger partial charge in [0.05, 0.1) is 29.2 Å². The largest absolute Gasteiger partial charge is 0.485 e. The third-order valence-corrected chi connectivity index (χ3v) is 4.71. The maximum absolute atomic E-state index is 13.5. The number of carbonyl (C=O) groups excluding carboxylic acids is 1. The van der Waals surface area contributed by atoms with Crippen LogP contribution in [-0.4, -0.2) is 35.0 Å². The monoisotopic (exact) mass is 370 g/mol. The van der Waals surface area contributed by atoms with Gasteiger partial charge in [-0.1, -0.05) is 23.7 Å². The van der Waals surface area contributed by atoms with Crippen LogP contribution in [0.4, 0.5) is 4.39 Å². The molecule has 0 unspecified atom stereocenters. The average molecular weight is 371 g/mol. The maximum atomic E-state index is 13.5. The number of carbonyl (C=O) groups is 1. The van der Waals surface area contributed by atoms with E-state index in [9.17, 15) is 9.18 Å². The second kappa shape index (κ2) is 6.57. The Kier molecular flexibility index (Phi) is 4.24. The molecule has 1 aromatic heterocycles. The lowest BCUT2D eigenvalue weighted by Gasteiger charge is -2.39. The van der Waals surface area contributed by atoms with Gasteiger partial charge in [-0.15, -0.1) is 0 Å². The summed E-state index contributed by atoms with van der Waals surface area (Å²) in [6.07, 6.45) is -0.0921. The highest BCUT2D eigenvalue weighted by atomic mass is 35.5. The number of nitrogens with zero attached hydrogens (tertiary/aromatic N) is 2. The van der Waals surface area contributed by atoms with Crippen LogP contribution in [0.2, 0.25) is 5.02 Å². The zero-order valence-electron chi connectivity index (χ0n) is 14.1. The van der Waals surface area contributed by atoms with Gasteiger partial charge >= 0.3 is 0 Å². The summed E-state index contributed by atoms with van der Waals surface area (Å²) in [5, 5.41) is 1.20. The van der Waals surface area contributed by atoms with E-state index < -0.39 is 0 Å². The van der Waals surface area contributed by atoms with E-state index in [-0.39, 0.29) is 17.8 Å². The third-order valence-electron chi connectivity index (χ3n) is 4.40. The Morgan fingerprint density at radius 1 is 1.23 bits per heavy atom. The molecule has 1 aliphatic heterocycles. The predicted molar refractivity (Wildman–Crippen MR) is 98.2 cm³/mol. The van der Waals surface area contributed by atoms with E-state index in [4.69, 9.17) is 16.3 Å². The number of hydrogen-bond donors (Lipinski definition) is 0. The van der Waals surface area contributed by atoms with Crippen molar-refractivity contribution in [1.82, 2.24) is 9.88 Å². The van der Waals surface area contributed by atoms with Crippen LogP contribution >= 0.6 is 11.6 Å². The Morgan fingerprint density at radius 3 is 2.77 bits per heavy atom. The van der Waals surface area contributed by atoms with Crippen LogP contribution in [0.25, 0.3) is 10.9 Å². The lowest BCUT2D eigenvalue weighted by atomic mass is 10.0. The molecule has 1 saturated heterocycles. The number of benzene rings is 2. The van der Waals surface area contributed by atoms with Crippen molar-refractivity contribution in [2.75, 3.05) is 13.1 Å². The second-order valence-corrected chi connectivity index (χ2v) is 6.76. The molecular weight excluding hydrogens is 355 g/mol. The minimum atomic E-state index is -0.369. The first kappa shape index (κ1) is 16.8. The molecule has 0 N–H and O–H groups in total. The molecule has 1 fully saturated rings. The molecule has 0 saturated carbocycles. The van der Waals surface area contributed by atoms with Gasteiger partial charge in [0.2, 0.25) is 0 Å². The summed E-state index contributed by atoms with van der Waals surface area (Å²) in [5.41, 5.74) is 1.69. The summed E-state index contributed by atoms with van der Waals surface area (Å²) < 4.78 is 19.3. The first-order valence-corrected chi connectivity index (χ1v) is 8.66. The predicted octanol–water partition coefficient (Wildman–Crippen LogP) is 4.24. The van der Waals surface area contributed by atoms with E-state index in [0.717, 1.165) is 0 Å². The van der Waals surface area contributed by atoms with Gasteiger partial charge in [-0.25, -0.2) is 4.39 Å². The van der Waals surface area contributed by atoms with E-state index in [2.05, 4.69) is 4.98 Å². The van der Waals surface area contributed by atoms with Crippen molar-refractivity contribution in [2.45, 2.75) is 13.0 Å². The van der Waals surface area contributed by atoms with Gasteiger partial charge in [0, 0.05) is 17.1 Å². The number of ether oxygens (including phenoxy) is 1. The number of likely N-dealkylation sites (tertiary alicyclic amines) is 1. The number of para-hydroxylation sites is 1. The standard InChI is InChI=1S/C20H16ClFN2O2/c1-12-8-16(15-7-6-13(22)9-18(15)23-12)20(25)24-10-14(11-24)26-19-5-3-2-4-17(19)21/h2-9,14H,10-11H2,1H3. The van der Waals surface area contributed by atoms with E-state index in [1.165, 1.54) is 12.1 Å². The summed E-state index contributed by atoms with van der Waals surface area (Å²) in [4.78, 5) is 18.9. The van der Waals surface area contributed by atoms with Gasteiger partial charge in [-0.2, -0.15) is 0 Å². The molecule has 1 amide bonds. The van der Waals surface area contributed by atoms with Crippen molar-refractivity contribution in [3.8, 4) is 5.75 Å². The van der Waals surface area contributed by atoms with Gasteiger partial charge in [-0.3, -0.25) is 9.78 Å². The Balaban J connectivity index is 1.51. The zero-order chi connectivity index (χ0) is 18.3. The summed E-state index contributed by atoms with van der Waals surface area (Å²) in [7, 11) is 0. The molecule has 3 aromatic rings. The smallest absolute Gasteiger partial charge is 0.254 e. The van der Waals surface area contributed by atoms with E-state index in [0.29, 0.717) is 46.0 Å². The Morgan fingerprint density at radius 2 is 2.00 bits per heavy atom. The zero-order valence-corrected chi connectivity index (χ0v) is 14.8. The van der Waals surface area contributed by atoms with Crippen molar-refractivity contribution in [3.05, 3.63) is 70.6 Å². The van der Waals surface area contributed by atoms with Crippen LogP contribution < -0.4 is 4.74 Å². The highest BCUT2D eigenvalue weighted by molar-refractivity contribution is 6.32. The van der Waals surface area contributed by atoms with Crippen LogP contribution in [-0.2, 0) is 0 Å². The van der Waals surface area contributed by atoms with Crippen molar-refractivity contribution in [2.24, 2.45) is 0 Å². The number of aryl methyl sites for hydroxylation is 1. The number of halogens is 2. The fraction of sp³-hybridized carbons (Fsp3) is 0.200. The molecule has 4 rings (SSSR count). The van der Waals surface area contributed by atoms with E-state index in [1.807, 2.05) is 12.1 Å². The van der Waals surface area contributed by atoms with Crippen LogP contribution in [0, 0.1) is 12.7 Å². The highest BCUT2D eigenvalue weighted by Crippen LogP contribution is 2.28. The van der Waals surface area contributed by atoms with Crippen molar-refractivity contribution < 1.29 is 13.9 Å². The second-order valence-electron chi connectivity index (χ2n) is 6.35. The third kappa shape index (κ3) is 3.10. The molecule has 2 aromatic carbocycles. The lowest BCUT2D eigenvalue weighted by molar-refractivity contribution is 0.0180. The van der Waals surface area contributed by atoms with Crippen molar-refractivity contribution in [1.29, 1.82) is 0 Å². The molecule has 0 spiro atoms. The molecule has 0 atom stereocenters. The minimum absolute atomic E-state index is 0.0921. The molecule has 0 bridgehead atoms. The summed E-state index contributed by atoms with van der Waals surface area (Å²) >= 11 is 6.10. The number of amides is 1. The molecule has 0 radical (unpaired) electrons. The quantitative estimate of drug-likeness (QED) is 0.692. The topological polar surface area (TPSA) is 42.4 Å². The van der Waals surface area contributed by atoms with E-state index in [1.54, 1.807) is 36.1 Å². The van der Waals surface area contributed by atoms with Crippen LogP contribution in [0.1, 0.15) is 16.1 Å². The fourth-order valence-electron chi connectivity index (χ4n) is 3.08. The van der Waals surface area contributed by atoms with E-state index >= 15 is 0 Å². The minimum Gasteiger partial charge on any atom is -0.485 e. The number of rotatable bonds is 3. The first-order valence-electron chi connectivity index (χ1n) is 8.28. The van der Waals surface area contributed by atoms with Gasteiger partial charge < -0.3 is 9.64 Å². The van der Waals surface area contributed by atoms with Crippen molar-refractivity contribution in [3.63, 3.8) is 0 Å². The highest BCUT2D eigenvalue weighted by Gasteiger charge is 2.34. The molecule has 0 aliphatic carbocycles. The summed E-state index contributed by atoms with van der Waals surface area (Å²) in [5.74, 6) is 0.143. The van der Waals surface area contributed by atoms with Crippen molar-refractivity contribution >= 4 is 28.4 Å². The maximum Gasteiger partial charge on any atom is 0.254 e. The Hall–Kier alpha value is -2.66. The number of pyridine rings is 1. The van der Waals surface area contributed by atoms with Gasteiger partial charge in [0.15, 0.2) is 0 Å². The first-order chi connectivity index (χ1) is 12.5. The Bertz CT molecular complexity index is 997. The Labute approximate surface area is 155 Å². The molecule has 2 heterocycles. The van der Waals surface area contributed by atoms with Gasteiger partial charge in [-0.05, 0) is 37.3 Å². The SMILES string of the molecule is Cc1cc(C(=O)N2CC(Oc3ccccc3Cl)C2)c2ccc(F)cc2n1. The lowest BCUT2D eigenvalue weighted by Crippen LogP contribution is -2.56. The molecule has 26 heavy (non-hydrogen) atoms. The molecule has 1 aliphatic rings. The number of hydrogen-bond acceptors (Lipinski definition) is 3. The molecular formula is C20H16ClFN2O2. The fourth-order valence-corrected chi connectivity index (χ4v) is 3.26. The van der Waals surface area contributed by atoms with Gasteiger partial charge in [0.25, 0.3) is 5.91 Å². The van der Waals surface area contributed by atoms with Crippen LogP contribution in [0.15, 0.2) is 48.5 Å². The van der Waals surface area contributed by atoms with Gasteiger partial charge in [0.1, 0.15) is 17.7 Å². The summed E-state index contributed by atoms with van der Waals surface area (Å²) in [6.45, 7) is 2.75. The molecule has 6 heteroatoms. The number of fused-ring (bicyclic) bond motifs is 1. The number of aromatic nitrogens is 1. The normalized spacial score (nSPS) is 14.3. The summed E-state index contributed by atoms with van der Waals surface area (Å²) in [6, 6.07) is 13.3.